The summed E-state index contributed by atoms with van der Waals surface area (Å²) >= 11 is 0. The van der Waals surface area contributed by atoms with Gasteiger partial charge in [0.05, 0.1) is 5.54 Å². The molecule has 2 unspecified atom stereocenters. The molecule has 1 amide bonds. The Morgan fingerprint density at radius 2 is 2.14 bits per heavy atom. The minimum Gasteiger partial charge on any atom is -0.365 e. The van der Waals surface area contributed by atoms with Gasteiger partial charge in [-0.05, 0) is 38.5 Å². The van der Waals surface area contributed by atoms with Crippen molar-refractivity contribution in [3.63, 3.8) is 0 Å². The van der Waals surface area contributed by atoms with Gasteiger partial charge in [-0.15, -0.1) is 0 Å². The van der Waals surface area contributed by atoms with E-state index in [2.05, 4.69) is 15.3 Å². The van der Waals surface area contributed by atoms with E-state index in [0.717, 1.165) is 43.4 Å². The molecular weight excluding hydrogens is 278 g/mol. The highest BCUT2D eigenvalue weighted by molar-refractivity contribution is 5.89. The van der Waals surface area contributed by atoms with Gasteiger partial charge >= 0.3 is 0 Å². The fourth-order valence-electron chi connectivity index (χ4n) is 3.54. The minimum atomic E-state index is -0.561. The third-order valence-corrected chi connectivity index (χ3v) is 5.23. The summed E-state index contributed by atoms with van der Waals surface area (Å²) in [5.41, 5.74) is 6.48. The molecule has 1 saturated heterocycles. The predicted molar refractivity (Wildman–Crippen MR) is 83.1 cm³/mol. The van der Waals surface area contributed by atoms with Crippen molar-refractivity contribution in [2.24, 2.45) is 17.6 Å². The summed E-state index contributed by atoms with van der Waals surface area (Å²) in [4.78, 5) is 22.9. The number of hydrogen-bond acceptors (Lipinski definition) is 5. The lowest BCUT2D eigenvalue weighted by Crippen LogP contribution is -2.45. The van der Waals surface area contributed by atoms with Crippen LogP contribution >= 0.6 is 0 Å². The Bertz CT molecular complexity index is 596. The lowest BCUT2D eigenvalue weighted by Gasteiger charge is -2.20. The maximum absolute atomic E-state index is 12.5. The SMILES string of the molecule is Cc1cc(NC2CN(C(=O)C3(N)CC3)CC2C2CC2)ncn1. The molecule has 2 saturated carbocycles. The van der Waals surface area contributed by atoms with Crippen LogP contribution in [0.3, 0.4) is 0 Å². The molecule has 3 N–H and O–H groups in total. The molecule has 4 rings (SSSR count). The van der Waals surface area contributed by atoms with E-state index in [-0.39, 0.29) is 11.9 Å². The van der Waals surface area contributed by atoms with Crippen molar-refractivity contribution in [1.29, 1.82) is 0 Å². The van der Waals surface area contributed by atoms with Gasteiger partial charge in [-0.1, -0.05) is 0 Å². The first-order valence-electron chi connectivity index (χ1n) is 8.19. The van der Waals surface area contributed by atoms with Crippen LogP contribution in [-0.4, -0.2) is 45.4 Å². The molecule has 0 aromatic carbocycles. The molecule has 0 bridgehead atoms. The number of nitrogens with two attached hydrogens (primary N) is 1. The van der Waals surface area contributed by atoms with Crippen LogP contribution < -0.4 is 11.1 Å². The minimum absolute atomic E-state index is 0.140. The van der Waals surface area contributed by atoms with Crippen molar-refractivity contribution in [3.05, 3.63) is 18.1 Å². The van der Waals surface area contributed by atoms with Crippen LogP contribution in [0.15, 0.2) is 12.4 Å². The number of carbonyl (C=O) groups is 1. The van der Waals surface area contributed by atoms with Gasteiger partial charge in [0.2, 0.25) is 5.91 Å². The summed E-state index contributed by atoms with van der Waals surface area (Å²) < 4.78 is 0. The Hall–Kier alpha value is -1.69. The molecule has 1 aliphatic heterocycles. The molecule has 22 heavy (non-hydrogen) atoms. The van der Waals surface area contributed by atoms with Crippen LogP contribution in [0, 0.1) is 18.8 Å². The molecule has 0 radical (unpaired) electrons. The molecule has 2 heterocycles. The zero-order valence-corrected chi connectivity index (χ0v) is 13.0. The number of amides is 1. The lowest BCUT2D eigenvalue weighted by molar-refractivity contribution is -0.132. The van der Waals surface area contributed by atoms with Crippen LogP contribution in [-0.2, 0) is 4.79 Å². The number of aryl methyl sites for hydroxylation is 1. The number of nitrogens with zero attached hydrogens (tertiary/aromatic N) is 3. The summed E-state index contributed by atoms with van der Waals surface area (Å²) in [7, 11) is 0. The molecule has 2 atom stereocenters. The van der Waals surface area contributed by atoms with E-state index in [1.807, 2.05) is 17.9 Å². The second kappa shape index (κ2) is 4.91. The summed E-state index contributed by atoms with van der Waals surface area (Å²) in [6.07, 6.45) is 5.81. The van der Waals surface area contributed by atoms with Gasteiger partial charge in [0, 0.05) is 36.8 Å². The van der Waals surface area contributed by atoms with Crippen molar-refractivity contribution in [2.75, 3.05) is 18.4 Å². The van der Waals surface area contributed by atoms with Gasteiger partial charge < -0.3 is 16.0 Å². The summed E-state index contributed by atoms with van der Waals surface area (Å²) in [6, 6.07) is 2.23. The quantitative estimate of drug-likeness (QED) is 0.864. The Kier molecular flexibility index (Phi) is 3.11. The third-order valence-electron chi connectivity index (χ3n) is 5.23. The van der Waals surface area contributed by atoms with Crippen LogP contribution in [0.2, 0.25) is 0 Å². The summed E-state index contributed by atoms with van der Waals surface area (Å²) in [5, 5.41) is 3.52. The molecular formula is C16H23N5O. The first kappa shape index (κ1) is 13.9. The molecule has 2 aliphatic carbocycles. The monoisotopic (exact) mass is 301 g/mol. The van der Waals surface area contributed by atoms with E-state index in [1.54, 1.807) is 6.33 Å². The standard InChI is InChI=1S/C16H23N5O/c1-10-6-14(19-9-18-10)20-13-8-21(7-12(13)11-2-3-11)15(22)16(17)4-5-16/h6,9,11-13H,2-5,7-8,17H2,1H3,(H,18,19,20). The van der Waals surface area contributed by atoms with Crippen molar-refractivity contribution in [3.8, 4) is 0 Å². The van der Waals surface area contributed by atoms with Gasteiger partial charge in [0.25, 0.3) is 0 Å². The molecule has 6 nitrogen and oxygen atoms in total. The van der Waals surface area contributed by atoms with Gasteiger partial charge in [-0.2, -0.15) is 0 Å². The Labute approximate surface area is 130 Å². The highest BCUT2D eigenvalue weighted by atomic mass is 16.2. The normalized spacial score (nSPS) is 29.5. The molecule has 0 spiro atoms. The number of anilines is 1. The second-order valence-corrected chi connectivity index (χ2v) is 7.16. The fourth-order valence-corrected chi connectivity index (χ4v) is 3.54. The molecule has 1 aromatic heterocycles. The van der Waals surface area contributed by atoms with E-state index in [0.29, 0.717) is 5.92 Å². The first-order chi connectivity index (χ1) is 10.5. The highest BCUT2D eigenvalue weighted by Gasteiger charge is 2.52. The van der Waals surface area contributed by atoms with E-state index >= 15 is 0 Å². The second-order valence-electron chi connectivity index (χ2n) is 7.16. The van der Waals surface area contributed by atoms with Crippen LogP contribution in [0.25, 0.3) is 0 Å². The maximum Gasteiger partial charge on any atom is 0.242 e. The van der Waals surface area contributed by atoms with Crippen molar-refractivity contribution >= 4 is 11.7 Å². The topological polar surface area (TPSA) is 84.1 Å². The van der Waals surface area contributed by atoms with Crippen LogP contribution in [0.4, 0.5) is 5.82 Å². The van der Waals surface area contributed by atoms with Crippen molar-refractivity contribution in [1.82, 2.24) is 14.9 Å². The average Bonchev–Trinajstić information content (AvgIpc) is 3.41. The number of rotatable bonds is 4. The number of nitrogens with one attached hydrogen (secondary N) is 1. The van der Waals surface area contributed by atoms with E-state index in [9.17, 15) is 4.79 Å². The van der Waals surface area contributed by atoms with E-state index in [4.69, 9.17) is 5.73 Å². The number of aromatic nitrogens is 2. The van der Waals surface area contributed by atoms with Crippen LogP contribution in [0.1, 0.15) is 31.4 Å². The smallest absolute Gasteiger partial charge is 0.242 e. The van der Waals surface area contributed by atoms with E-state index in [1.165, 1.54) is 12.8 Å². The Balaban J connectivity index is 1.49. The Morgan fingerprint density at radius 1 is 1.36 bits per heavy atom. The molecule has 6 heteroatoms. The maximum atomic E-state index is 12.5. The Morgan fingerprint density at radius 3 is 2.77 bits per heavy atom. The highest BCUT2D eigenvalue weighted by Crippen LogP contribution is 2.43. The number of carbonyl (C=O) groups excluding carboxylic acids is 1. The van der Waals surface area contributed by atoms with Gasteiger partial charge in [0.15, 0.2) is 0 Å². The number of likely N-dealkylation sites (tertiary alicyclic amines) is 1. The molecule has 118 valence electrons. The molecule has 3 aliphatic rings. The largest absolute Gasteiger partial charge is 0.365 e. The van der Waals surface area contributed by atoms with Crippen molar-refractivity contribution in [2.45, 2.75) is 44.2 Å². The average molecular weight is 301 g/mol. The zero-order valence-electron chi connectivity index (χ0n) is 13.0. The third kappa shape index (κ3) is 2.56. The van der Waals surface area contributed by atoms with E-state index < -0.39 is 5.54 Å². The van der Waals surface area contributed by atoms with Gasteiger partial charge in [-0.3, -0.25) is 4.79 Å². The van der Waals surface area contributed by atoms with Gasteiger partial charge in [0.1, 0.15) is 12.1 Å². The summed E-state index contributed by atoms with van der Waals surface area (Å²) in [5.74, 6) is 2.25. The number of hydrogen-bond donors (Lipinski definition) is 2. The fraction of sp³-hybridized carbons (Fsp3) is 0.688. The lowest BCUT2D eigenvalue weighted by atomic mass is 9.98. The van der Waals surface area contributed by atoms with Crippen LogP contribution in [0.5, 0.6) is 0 Å². The van der Waals surface area contributed by atoms with Crippen molar-refractivity contribution < 1.29 is 4.79 Å². The molecule has 1 aromatic rings. The predicted octanol–water partition coefficient (Wildman–Crippen LogP) is 0.925. The molecule has 3 fully saturated rings. The first-order valence-corrected chi connectivity index (χ1v) is 8.19. The summed E-state index contributed by atoms with van der Waals surface area (Å²) in [6.45, 7) is 3.53. The zero-order chi connectivity index (χ0) is 15.3. The van der Waals surface area contributed by atoms with Gasteiger partial charge in [-0.25, -0.2) is 9.97 Å².